The third-order valence-electron chi connectivity index (χ3n) is 5.36. The first-order valence-electron chi connectivity index (χ1n) is 9.81. The van der Waals surface area contributed by atoms with Gasteiger partial charge in [0.2, 0.25) is 0 Å². The number of fused-ring (bicyclic) bond motifs is 2. The topological polar surface area (TPSA) is 77.2 Å². The Morgan fingerprint density at radius 2 is 1.87 bits per heavy atom. The van der Waals surface area contributed by atoms with E-state index in [4.69, 9.17) is 11.6 Å². The van der Waals surface area contributed by atoms with E-state index in [0.717, 1.165) is 33.4 Å². The van der Waals surface area contributed by atoms with Gasteiger partial charge < -0.3 is 0 Å². The average molecular weight is 426 g/mol. The van der Waals surface area contributed by atoms with Crippen LogP contribution >= 0.6 is 11.6 Å². The largest absolute Gasteiger partial charge is 0.278 e. The highest BCUT2D eigenvalue weighted by atomic mass is 35.5. The van der Waals surface area contributed by atoms with Crippen LogP contribution in [0.15, 0.2) is 79.1 Å². The molecule has 7 nitrogen and oxygen atoms in total. The van der Waals surface area contributed by atoms with E-state index in [9.17, 15) is 0 Å². The number of benzene rings is 3. The Morgan fingerprint density at radius 3 is 2.77 bits per heavy atom. The molecule has 0 fully saturated rings. The quantitative estimate of drug-likeness (QED) is 0.437. The van der Waals surface area contributed by atoms with Crippen LogP contribution in [0, 0.1) is 0 Å². The number of H-pyrrole nitrogens is 1. The summed E-state index contributed by atoms with van der Waals surface area (Å²) in [4.78, 5) is 0. The minimum Gasteiger partial charge on any atom is -0.278 e. The van der Waals surface area contributed by atoms with Crippen molar-refractivity contribution < 1.29 is 0 Å². The average Bonchev–Trinajstić information content (AvgIpc) is 3.53. The maximum atomic E-state index is 6.61. The van der Waals surface area contributed by atoms with Crippen molar-refractivity contribution in [2.75, 3.05) is 0 Å². The molecule has 0 saturated heterocycles. The minimum absolute atomic E-state index is 0.550. The molecule has 0 saturated carbocycles. The fraction of sp³-hybridized carbons (Fsp3) is 0.0435. The van der Waals surface area contributed by atoms with Crippen molar-refractivity contribution >= 4 is 33.5 Å². The van der Waals surface area contributed by atoms with Crippen LogP contribution in [0.25, 0.3) is 38.9 Å². The van der Waals surface area contributed by atoms with Crippen molar-refractivity contribution in [3.8, 4) is 16.9 Å². The van der Waals surface area contributed by atoms with Crippen LogP contribution in [0.1, 0.15) is 5.56 Å². The second-order valence-corrected chi connectivity index (χ2v) is 7.74. The Labute approximate surface area is 181 Å². The molecule has 3 aromatic heterocycles. The molecule has 6 rings (SSSR count). The predicted octanol–water partition coefficient (Wildman–Crippen LogP) is 4.86. The number of nitrogens with one attached hydrogen (secondary N) is 1. The van der Waals surface area contributed by atoms with Gasteiger partial charge in [0, 0.05) is 17.1 Å². The second-order valence-electron chi connectivity index (χ2n) is 7.33. The van der Waals surface area contributed by atoms with Crippen molar-refractivity contribution in [3.05, 3.63) is 89.7 Å². The molecule has 0 bridgehead atoms. The lowest BCUT2D eigenvalue weighted by Gasteiger charge is -2.09. The van der Waals surface area contributed by atoms with Crippen molar-refractivity contribution in [2.45, 2.75) is 6.54 Å². The first-order valence-corrected chi connectivity index (χ1v) is 10.2. The standard InChI is InChI=1S/C23H16ClN7/c24-19-10-17(21-8-9-26-30(21)14-15-4-2-1-3-5-15)11-22-23(19)28-29-31(22)18-7-6-16-13-25-27-20(16)12-18/h1-13H,14H2,(H,25,27). The van der Waals surface area contributed by atoms with Crippen molar-refractivity contribution in [2.24, 2.45) is 0 Å². The molecule has 0 spiro atoms. The molecule has 0 radical (unpaired) electrons. The molecule has 1 N–H and O–H groups in total. The number of aromatic nitrogens is 7. The summed E-state index contributed by atoms with van der Waals surface area (Å²) in [5, 5.41) is 21.9. The maximum absolute atomic E-state index is 6.61. The van der Waals surface area contributed by atoms with E-state index in [1.165, 1.54) is 5.56 Å². The van der Waals surface area contributed by atoms with Crippen LogP contribution in [0.5, 0.6) is 0 Å². The van der Waals surface area contributed by atoms with Crippen LogP contribution < -0.4 is 0 Å². The van der Waals surface area contributed by atoms with Gasteiger partial charge >= 0.3 is 0 Å². The summed E-state index contributed by atoms with van der Waals surface area (Å²) in [6, 6.07) is 22.2. The Bertz CT molecular complexity index is 1530. The van der Waals surface area contributed by atoms with Gasteiger partial charge in [-0.15, -0.1) is 5.10 Å². The monoisotopic (exact) mass is 425 g/mol. The van der Waals surface area contributed by atoms with E-state index in [1.54, 1.807) is 17.1 Å². The molecule has 6 aromatic rings. The summed E-state index contributed by atoms with van der Waals surface area (Å²) in [6.45, 7) is 0.673. The molecule has 0 atom stereocenters. The summed E-state index contributed by atoms with van der Waals surface area (Å²) in [7, 11) is 0. The lowest BCUT2D eigenvalue weighted by atomic mass is 10.1. The molecule has 0 amide bonds. The van der Waals surface area contributed by atoms with Gasteiger partial charge in [0.1, 0.15) is 5.52 Å². The van der Waals surface area contributed by atoms with Gasteiger partial charge in [0.15, 0.2) is 0 Å². The highest BCUT2D eigenvalue weighted by Gasteiger charge is 2.15. The van der Waals surface area contributed by atoms with E-state index in [2.05, 4.69) is 43.8 Å². The fourth-order valence-electron chi connectivity index (χ4n) is 3.84. The summed E-state index contributed by atoms with van der Waals surface area (Å²) >= 11 is 6.61. The van der Waals surface area contributed by atoms with E-state index in [0.29, 0.717) is 17.1 Å². The third kappa shape index (κ3) is 3.06. The third-order valence-corrected chi connectivity index (χ3v) is 5.65. The molecule has 150 valence electrons. The van der Waals surface area contributed by atoms with Gasteiger partial charge in [-0.1, -0.05) is 47.1 Å². The molecule has 3 heterocycles. The van der Waals surface area contributed by atoms with Gasteiger partial charge in [-0.3, -0.25) is 9.78 Å². The molecule has 0 aliphatic carbocycles. The molecule has 8 heteroatoms. The number of rotatable bonds is 4. The molecular formula is C23H16ClN7. The lowest BCUT2D eigenvalue weighted by Crippen LogP contribution is -2.03. The van der Waals surface area contributed by atoms with E-state index in [1.807, 2.05) is 53.2 Å². The summed E-state index contributed by atoms with van der Waals surface area (Å²) < 4.78 is 3.76. The van der Waals surface area contributed by atoms with Crippen LogP contribution in [0.4, 0.5) is 0 Å². The zero-order valence-electron chi connectivity index (χ0n) is 16.3. The first kappa shape index (κ1) is 17.9. The number of aromatic amines is 1. The predicted molar refractivity (Wildman–Crippen MR) is 120 cm³/mol. The maximum Gasteiger partial charge on any atom is 0.132 e. The fourth-order valence-corrected chi connectivity index (χ4v) is 4.09. The first-order chi connectivity index (χ1) is 15.3. The van der Waals surface area contributed by atoms with Crippen LogP contribution in [-0.2, 0) is 6.54 Å². The van der Waals surface area contributed by atoms with Gasteiger partial charge in [-0.2, -0.15) is 10.2 Å². The number of halogens is 1. The Kier molecular flexibility index (Phi) is 4.07. The smallest absolute Gasteiger partial charge is 0.132 e. The Morgan fingerprint density at radius 1 is 0.968 bits per heavy atom. The molecular weight excluding hydrogens is 410 g/mol. The summed E-state index contributed by atoms with van der Waals surface area (Å²) in [5.41, 5.74) is 6.41. The van der Waals surface area contributed by atoms with E-state index < -0.39 is 0 Å². The lowest BCUT2D eigenvalue weighted by molar-refractivity contribution is 0.694. The Balaban J connectivity index is 1.47. The van der Waals surface area contributed by atoms with Crippen LogP contribution in [-0.4, -0.2) is 35.0 Å². The molecule has 0 aliphatic rings. The second kappa shape index (κ2) is 7.07. The summed E-state index contributed by atoms with van der Waals surface area (Å²) in [6.07, 6.45) is 3.60. The van der Waals surface area contributed by atoms with Gasteiger partial charge in [0.05, 0.1) is 40.2 Å². The number of hydrogen-bond donors (Lipinski definition) is 1. The number of nitrogens with zero attached hydrogens (tertiary/aromatic N) is 6. The van der Waals surface area contributed by atoms with E-state index >= 15 is 0 Å². The normalized spacial score (nSPS) is 11.5. The zero-order valence-corrected chi connectivity index (χ0v) is 17.0. The molecule has 0 aliphatic heterocycles. The molecule has 3 aromatic carbocycles. The molecule has 0 unspecified atom stereocenters. The van der Waals surface area contributed by atoms with Crippen molar-refractivity contribution in [1.82, 2.24) is 35.0 Å². The Hall–Kier alpha value is -3.97. The van der Waals surface area contributed by atoms with Crippen LogP contribution in [0.3, 0.4) is 0 Å². The van der Waals surface area contributed by atoms with Gasteiger partial charge in [-0.05, 0) is 42.0 Å². The minimum atomic E-state index is 0.550. The number of hydrogen-bond acceptors (Lipinski definition) is 4. The van der Waals surface area contributed by atoms with Crippen LogP contribution in [0.2, 0.25) is 5.02 Å². The van der Waals surface area contributed by atoms with E-state index in [-0.39, 0.29) is 0 Å². The van der Waals surface area contributed by atoms with Crippen molar-refractivity contribution in [3.63, 3.8) is 0 Å². The van der Waals surface area contributed by atoms with Gasteiger partial charge in [-0.25, -0.2) is 4.68 Å². The highest BCUT2D eigenvalue weighted by molar-refractivity contribution is 6.35. The summed E-state index contributed by atoms with van der Waals surface area (Å²) in [5.74, 6) is 0. The highest BCUT2D eigenvalue weighted by Crippen LogP contribution is 2.31. The van der Waals surface area contributed by atoms with Crippen molar-refractivity contribution in [1.29, 1.82) is 0 Å². The SMILES string of the molecule is Clc1cc(-c2ccnn2Cc2ccccc2)cc2c1nnn2-c1ccc2cn[nH]c2c1. The molecule has 31 heavy (non-hydrogen) atoms. The van der Waals surface area contributed by atoms with Gasteiger partial charge in [0.25, 0.3) is 0 Å². The zero-order chi connectivity index (χ0) is 20.8.